The second-order valence-corrected chi connectivity index (χ2v) is 9.37. The van der Waals surface area contributed by atoms with Gasteiger partial charge in [0, 0.05) is 10.2 Å². The molecule has 0 radical (unpaired) electrons. The summed E-state index contributed by atoms with van der Waals surface area (Å²) >= 11 is 4.97. The Morgan fingerprint density at radius 3 is 2.53 bits per heavy atom. The predicted molar refractivity (Wildman–Crippen MR) is 141 cm³/mol. The molecule has 0 unspecified atom stereocenters. The Morgan fingerprint density at radius 2 is 1.79 bits per heavy atom. The Hall–Kier alpha value is -3.10. The van der Waals surface area contributed by atoms with E-state index in [2.05, 4.69) is 31.8 Å². The average Bonchev–Trinajstić information content (AvgIpc) is 2.84. The van der Waals surface area contributed by atoms with Crippen LogP contribution in [0.5, 0.6) is 5.75 Å². The molecule has 0 aliphatic carbocycles. The highest BCUT2D eigenvalue weighted by molar-refractivity contribution is 9.10. The van der Waals surface area contributed by atoms with E-state index in [9.17, 15) is 9.59 Å². The van der Waals surface area contributed by atoms with Crippen LogP contribution >= 0.6 is 27.7 Å². The zero-order chi connectivity index (χ0) is 24.2. The molecule has 34 heavy (non-hydrogen) atoms. The molecule has 0 saturated carbocycles. The molecular weight excluding hydrogens is 514 g/mol. The number of amides is 2. The van der Waals surface area contributed by atoms with Crippen LogP contribution in [0.25, 0.3) is 0 Å². The van der Waals surface area contributed by atoms with Crippen LogP contribution in [0.1, 0.15) is 29.7 Å². The molecule has 0 aromatic heterocycles. The van der Waals surface area contributed by atoms with E-state index < -0.39 is 0 Å². The maximum atomic E-state index is 12.1. The van der Waals surface area contributed by atoms with Crippen molar-refractivity contribution < 1.29 is 14.3 Å². The van der Waals surface area contributed by atoms with E-state index >= 15 is 0 Å². The van der Waals surface area contributed by atoms with Gasteiger partial charge in [0.15, 0.2) is 6.61 Å². The Morgan fingerprint density at radius 1 is 1.03 bits per heavy atom. The number of hydrogen-bond donors (Lipinski definition) is 2. The zero-order valence-electron chi connectivity index (χ0n) is 18.7. The lowest BCUT2D eigenvalue weighted by Gasteiger charge is -2.14. The number of carbonyl (C=O) groups excluding carboxylic acids is 2. The number of nitrogens with one attached hydrogen (secondary N) is 2. The number of thioether (sulfide) groups is 1. The summed E-state index contributed by atoms with van der Waals surface area (Å²) < 4.78 is 6.58. The molecule has 0 aliphatic rings. The molecule has 3 aromatic rings. The third kappa shape index (κ3) is 9.03. The summed E-state index contributed by atoms with van der Waals surface area (Å²) in [4.78, 5) is 24.1. The smallest absolute Gasteiger partial charge is 0.258 e. The van der Waals surface area contributed by atoms with Gasteiger partial charge in [-0.25, -0.2) is 5.43 Å². The summed E-state index contributed by atoms with van der Waals surface area (Å²) in [5.41, 5.74) is 5.52. The van der Waals surface area contributed by atoms with Crippen LogP contribution in [0, 0.1) is 0 Å². The third-order valence-corrected chi connectivity index (χ3v) is 6.22. The fraction of sp³-hybridized carbons (Fsp3) is 0.192. The van der Waals surface area contributed by atoms with Crippen molar-refractivity contribution in [2.45, 2.75) is 18.7 Å². The Balaban J connectivity index is 1.35. The topological polar surface area (TPSA) is 79.8 Å². The third-order valence-electron chi connectivity index (χ3n) is 4.72. The highest BCUT2D eigenvalue weighted by Gasteiger charge is 2.09. The quantitative estimate of drug-likeness (QED) is 0.262. The van der Waals surface area contributed by atoms with Crippen molar-refractivity contribution in [3.05, 3.63) is 100 Å². The fourth-order valence-electron chi connectivity index (χ4n) is 3.01. The monoisotopic (exact) mass is 539 g/mol. The molecule has 3 aromatic carbocycles. The van der Waals surface area contributed by atoms with E-state index in [1.54, 1.807) is 30.5 Å². The lowest BCUT2D eigenvalue weighted by atomic mass is 10.1. The van der Waals surface area contributed by atoms with Gasteiger partial charge in [0.1, 0.15) is 5.75 Å². The minimum Gasteiger partial charge on any atom is -0.484 e. The Bertz CT molecular complexity index is 1110. The second-order valence-electron chi connectivity index (χ2n) is 7.47. The summed E-state index contributed by atoms with van der Waals surface area (Å²) in [7, 11) is 0. The van der Waals surface area contributed by atoms with Crippen LogP contribution in [-0.4, -0.2) is 30.4 Å². The number of benzene rings is 3. The van der Waals surface area contributed by atoms with Crippen molar-refractivity contribution in [2.24, 2.45) is 5.10 Å². The number of hydrazone groups is 1. The van der Waals surface area contributed by atoms with Crippen LogP contribution in [-0.2, 0) is 15.3 Å². The number of carbonyl (C=O) groups is 2. The molecule has 6 nitrogen and oxygen atoms in total. The number of halogens is 1. The minimum atomic E-state index is -0.192. The summed E-state index contributed by atoms with van der Waals surface area (Å²) in [6.45, 7) is 1.86. The normalized spacial score (nSPS) is 11.7. The highest BCUT2D eigenvalue weighted by atomic mass is 79.9. The molecule has 0 bridgehead atoms. The van der Waals surface area contributed by atoms with Crippen LogP contribution in [0.3, 0.4) is 0 Å². The molecular formula is C26H26BrN3O3S. The van der Waals surface area contributed by atoms with Crippen LogP contribution in [0.15, 0.2) is 88.4 Å². The first-order chi connectivity index (χ1) is 16.5. The van der Waals surface area contributed by atoms with E-state index in [1.807, 2.05) is 61.5 Å². The van der Waals surface area contributed by atoms with E-state index in [0.29, 0.717) is 11.5 Å². The zero-order valence-corrected chi connectivity index (χ0v) is 21.1. The van der Waals surface area contributed by atoms with Crippen molar-refractivity contribution in [3.8, 4) is 5.75 Å². The van der Waals surface area contributed by atoms with E-state index in [4.69, 9.17) is 4.74 Å². The number of ether oxygens (including phenoxy) is 1. The predicted octanol–water partition coefficient (Wildman–Crippen LogP) is 5.09. The van der Waals surface area contributed by atoms with Gasteiger partial charge in [-0.3, -0.25) is 9.59 Å². The van der Waals surface area contributed by atoms with Crippen LogP contribution in [0.4, 0.5) is 0 Å². The molecule has 2 N–H and O–H groups in total. The van der Waals surface area contributed by atoms with Crippen molar-refractivity contribution in [1.29, 1.82) is 0 Å². The largest absolute Gasteiger partial charge is 0.484 e. The van der Waals surface area contributed by atoms with Gasteiger partial charge in [-0.1, -0.05) is 58.4 Å². The molecule has 3 rings (SSSR count). The first-order valence-electron chi connectivity index (χ1n) is 10.7. The summed E-state index contributed by atoms with van der Waals surface area (Å²) in [6.07, 6.45) is 1.56. The van der Waals surface area contributed by atoms with E-state index in [1.165, 1.54) is 11.8 Å². The van der Waals surface area contributed by atoms with Gasteiger partial charge in [0.2, 0.25) is 5.91 Å². The minimum absolute atomic E-state index is 0.0712. The summed E-state index contributed by atoms with van der Waals surface area (Å²) in [6, 6.07) is 24.8. The first-order valence-corrected chi connectivity index (χ1v) is 12.7. The van der Waals surface area contributed by atoms with E-state index in [-0.39, 0.29) is 24.5 Å². The van der Waals surface area contributed by atoms with Gasteiger partial charge >= 0.3 is 0 Å². The second kappa shape index (κ2) is 13.6. The Kier molecular flexibility index (Phi) is 10.2. The fourth-order valence-corrected chi connectivity index (χ4v) is 4.22. The molecule has 0 fully saturated rings. The van der Waals surface area contributed by atoms with Crippen LogP contribution < -0.4 is 15.5 Å². The highest BCUT2D eigenvalue weighted by Crippen LogP contribution is 2.17. The van der Waals surface area contributed by atoms with Gasteiger partial charge in [0.25, 0.3) is 5.91 Å². The van der Waals surface area contributed by atoms with Gasteiger partial charge < -0.3 is 10.1 Å². The van der Waals surface area contributed by atoms with Gasteiger partial charge in [-0.2, -0.15) is 5.10 Å². The van der Waals surface area contributed by atoms with Crippen LogP contribution in [0.2, 0.25) is 0 Å². The van der Waals surface area contributed by atoms with Gasteiger partial charge in [0.05, 0.1) is 18.0 Å². The molecule has 176 valence electrons. The molecule has 0 aliphatic heterocycles. The van der Waals surface area contributed by atoms with E-state index in [0.717, 1.165) is 26.9 Å². The molecule has 0 heterocycles. The van der Waals surface area contributed by atoms with Gasteiger partial charge in [-0.15, -0.1) is 11.8 Å². The van der Waals surface area contributed by atoms with Crippen molar-refractivity contribution in [1.82, 2.24) is 10.7 Å². The van der Waals surface area contributed by atoms with Crippen molar-refractivity contribution in [2.75, 3.05) is 12.4 Å². The Labute approximate surface area is 212 Å². The molecule has 0 spiro atoms. The molecule has 0 saturated heterocycles. The molecule has 8 heteroatoms. The summed E-state index contributed by atoms with van der Waals surface area (Å²) in [5, 5.41) is 6.91. The number of rotatable bonds is 11. The molecule has 1 atom stereocenters. The maximum Gasteiger partial charge on any atom is 0.258 e. The number of nitrogens with zero attached hydrogens (tertiary/aromatic N) is 1. The SMILES string of the molecule is C[C@@H](NC(=O)COc1ccc(/C=N\NC(=O)CSCc2cccc(Br)c2)cc1)c1ccccc1. The lowest BCUT2D eigenvalue weighted by Crippen LogP contribution is -2.31. The lowest BCUT2D eigenvalue weighted by molar-refractivity contribution is -0.123. The molecule has 2 amide bonds. The maximum absolute atomic E-state index is 12.1. The number of hydrogen-bond acceptors (Lipinski definition) is 5. The summed E-state index contributed by atoms with van der Waals surface area (Å²) in [5.74, 6) is 1.30. The van der Waals surface area contributed by atoms with Crippen molar-refractivity contribution >= 4 is 45.7 Å². The standard InChI is InChI=1S/C26H26BrN3O3S/c1-19(22-7-3-2-4-8-22)29-25(31)16-33-24-12-10-20(11-13-24)15-28-30-26(32)18-34-17-21-6-5-9-23(27)14-21/h2-15,19H,16-18H2,1H3,(H,29,31)(H,30,32)/b28-15-/t19-/m1/s1. The van der Waals surface area contributed by atoms with Gasteiger partial charge in [-0.05, 0) is 60.0 Å². The average molecular weight is 540 g/mol. The van der Waals surface area contributed by atoms with Crippen molar-refractivity contribution in [3.63, 3.8) is 0 Å². The first kappa shape index (κ1) is 25.5.